The van der Waals surface area contributed by atoms with Gasteiger partial charge in [-0.2, -0.15) is 0 Å². The molecule has 2 aromatic heterocycles. The van der Waals surface area contributed by atoms with Gasteiger partial charge < -0.3 is 14.2 Å². The van der Waals surface area contributed by atoms with Crippen LogP contribution in [-0.2, 0) is 6.54 Å². The van der Waals surface area contributed by atoms with Gasteiger partial charge in [0.2, 0.25) is 0 Å². The Bertz CT molecular complexity index is 1100. The first-order valence-electron chi connectivity index (χ1n) is 9.85. The third kappa shape index (κ3) is 3.17. The number of carbonyl (C=O) groups is 1. The van der Waals surface area contributed by atoms with E-state index in [1.54, 1.807) is 24.5 Å². The Balaban J connectivity index is 1.49. The van der Waals surface area contributed by atoms with Gasteiger partial charge in [-0.1, -0.05) is 6.07 Å². The van der Waals surface area contributed by atoms with Crippen LogP contribution in [0.15, 0.2) is 58.7 Å². The van der Waals surface area contributed by atoms with E-state index in [-0.39, 0.29) is 17.4 Å². The van der Waals surface area contributed by atoms with Gasteiger partial charge in [0.05, 0.1) is 7.11 Å². The molecule has 1 saturated heterocycles. The number of thiophene rings is 1. The van der Waals surface area contributed by atoms with Gasteiger partial charge in [0.25, 0.3) is 11.5 Å². The Morgan fingerprint density at radius 1 is 1.07 bits per heavy atom. The van der Waals surface area contributed by atoms with Crippen LogP contribution >= 0.6 is 11.3 Å². The second-order valence-electron chi connectivity index (χ2n) is 7.80. The van der Waals surface area contributed by atoms with E-state index in [0.29, 0.717) is 31.1 Å². The van der Waals surface area contributed by atoms with Crippen LogP contribution < -0.4 is 10.3 Å². The summed E-state index contributed by atoms with van der Waals surface area (Å²) in [6.45, 7) is 2.01. The van der Waals surface area contributed by atoms with Gasteiger partial charge in [-0.25, -0.2) is 0 Å². The fourth-order valence-corrected chi connectivity index (χ4v) is 5.50. The summed E-state index contributed by atoms with van der Waals surface area (Å²) in [6, 6.07) is 15.0. The quantitative estimate of drug-likeness (QED) is 0.664. The average molecular weight is 407 g/mol. The molecular formula is C23H22N2O3S. The molecule has 1 fully saturated rings. The number of pyridine rings is 1. The van der Waals surface area contributed by atoms with Crippen molar-refractivity contribution in [2.45, 2.75) is 18.9 Å². The largest absolute Gasteiger partial charge is 0.497 e. The predicted octanol–water partition coefficient (Wildman–Crippen LogP) is 3.84. The molecule has 2 bridgehead atoms. The van der Waals surface area contributed by atoms with E-state index in [2.05, 4.69) is 11.4 Å². The van der Waals surface area contributed by atoms with E-state index in [9.17, 15) is 9.59 Å². The molecule has 1 amide bonds. The molecule has 0 radical (unpaired) electrons. The molecule has 5 rings (SSSR count). The summed E-state index contributed by atoms with van der Waals surface area (Å²) in [6.07, 6.45) is 1.02. The Kier molecular flexibility index (Phi) is 4.51. The van der Waals surface area contributed by atoms with Crippen LogP contribution in [0.1, 0.15) is 28.4 Å². The Hall–Kier alpha value is -2.86. The fourth-order valence-electron chi connectivity index (χ4n) is 4.74. The first-order valence-corrected chi connectivity index (χ1v) is 10.7. The smallest absolute Gasteiger partial charge is 0.253 e. The second kappa shape index (κ2) is 7.19. The molecule has 1 aromatic carbocycles. The van der Waals surface area contributed by atoms with E-state index in [1.807, 2.05) is 45.9 Å². The fraction of sp³-hybridized carbons (Fsp3) is 0.304. The Morgan fingerprint density at radius 2 is 1.90 bits per heavy atom. The molecule has 148 valence electrons. The zero-order valence-corrected chi connectivity index (χ0v) is 17.0. The van der Waals surface area contributed by atoms with Crippen LogP contribution in [0.25, 0.3) is 10.4 Å². The average Bonchev–Trinajstić information content (AvgIpc) is 3.28. The van der Waals surface area contributed by atoms with Crippen LogP contribution in [0.3, 0.4) is 0 Å². The molecule has 2 atom stereocenters. The van der Waals surface area contributed by atoms with E-state index in [1.165, 1.54) is 4.88 Å². The number of amides is 1. The van der Waals surface area contributed by atoms with Crippen LogP contribution in [0, 0.1) is 5.92 Å². The van der Waals surface area contributed by atoms with Crippen LogP contribution in [0.4, 0.5) is 0 Å². The summed E-state index contributed by atoms with van der Waals surface area (Å²) in [5, 5.41) is 2.06. The maximum absolute atomic E-state index is 13.1. The van der Waals surface area contributed by atoms with Gasteiger partial charge in [-0.15, -0.1) is 11.3 Å². The highest BCUT2D eigenvalue weighted by molar-refractivity contribution is 7.13. The normalized spacial score (nSPS) is 20.2. The number of benzene rings is 1. The molecule has 0 spiro atoms. The topological polar surface area (TPSA) is 51.5 Å². The summed E-state index contributed by atoms with van der Waals surface area (Å²) in [5.74, 6) is 1.27. The zero-order chi connectivity index (χ0) is 20.0. The monoisotopic (exact) mass is 406 g/mol. The molecule has 0 aliphatic carbocycles. The van der Waals surface area contributed by atoms with Gasteiger partial charge in [-0.3, -0.25) is 9.59 Å². The highest BCUT2D eigenvalue weighted by Gasteiger charge is 2.38. The lowest BCUT2D eigenvalue weighted by molar-refractivity contribution is 0.0595. The van der Waals surface area contributed by atoms with Gasteiger partial charge in [0.1, 0.15) is 5.75 Å². The number of hydrogen-bond acceptors (Lipinski definition) is 4. The third-order valence-electron chi connectivity index (χ3n) is 6.00. The minimum Gasteiger partial charge on any atom is -0.497 e. The number of nitrogens with zero attached hydrogens (tertiary/aromatic N) is 2. The number of carbonyl (C=O) groups excluding carboxylic acids is 1. The lowest BCUT2D eigenvalue weighted by Gasteiger charge is -2.43. The van der Waals surface area contributed by atoms with Crippen molar-refractivity contribution in [3.8, 4) is 16.2 Å². The summed E-state index contributed by atoms with van der Waals surface area (Å²) in [5.41, 5.74) is 2.95. The molecule has 6 heteroatoms. The lowest BCUT2D eigenvalue weighted by Crippen LogP contribution is -2.49. The van der Waals surface area contributed by atoms with Crippen molar-refractivity contribution in [1.82, 2.24) is 9.47 Å². The summed E-state index contributed by atoms with van der Waals surface area (Å²) >= 11 is 1.69. The zero-order valence-electron chi connectivity index (χ0n) is 16.2. The number of ether oxygens (including phenoxy) is 1. The maximum Gasteiger partial charge on any atom is 0.253 e. The van der Waals surface area contributed by atoms with Crippen LogP contribution in [-0.4, -0.2) is 35.6 Å². The minimum absolute atomic E-state index is 0.0479. The van der Waals surface area contributed by atoms with Crippen molar-refractivity contribution in [1.29, 1.82) is 0 Å². The molecule has 2 aliphatic rings. The van der Waals surface area contributed by atoms with Crippen molar-refractivity contribution in [3.63, 3.8) is 0 Å². The maximum atomic E-state index is 13.1. The van der Waals surface area contributed by atoms with Gasteiger partial charge in [-0.05, 0) is 54.1 Å². The Morgan fingerprint density at radius 3 is 2.62 bits per heavy atom. The molecule has 4 heterocycles. The van der Waals surface area contributed by atoms with Crippen molar-refractivity contribution < 1.29 is 9.53 Å². The highest BCUT2D eigenvalue weighted by atomic mass is 32.1. The number of piperidine rings is 1. The van der Waals surface area contributed by atoms with E-state index < -0.39 is 0 Å². The molecule has 0 N–H and O–H groups in total. The van der Waals surface area contributed by atoms with Gasteiger partial charge >= 0.3 is 0 Å². The molecule has 2 aliphatic heterocycles. The Labute approximate surface area is 173 Å². The second-order valence-corrected chi connectivity index (χ2v) is 8.74. The number of aromatic nitrogens is 1. The molecule has 5 nitrogen and oxygen atoms in total. The highest BCUT2D eigenvalue weighted by Crippen LogP contribution is 2.41. The SMILES string of the molecule is COc1ccc(C(=O)N2C[C@@H]3C[C@H](C2)c2c(-c4cccs4)ccc(=O)n2C3)cc1. The number of rotatable bonds is 3. The van der Waals surface area contributed by atoms with Crippen molar-refractivity contribution >= 4 is 17.2 Å². The standard InChI is InChI=1S/C23H22N2O3S/c1-28-18-6-4-16(5-7-18)23(27)24-12-15-11-17(14-24)22-19(20-3-2-10-29-20)8-9-21(26)25(22)13-15/h2-10,15,17H,11-14H2,1H3/t15-,17+/m0/s1. The van der Waals surface area contributed by atoms with Gasteiger partial charge in [0.15, 0.2) is 0 Å². The summed E-state index contributed by atoms with van der Waals surface area (Å²) < 4.78 is 7.15. The number of methoxy groups -OCH3 is 1. The molecular weight excluding hydrogens is 384 g/mol. The van der Waals surface area contributed by atoms with Crippen molar-refractivity contribution in [2.24, 2.45) is 5.92 Å². The van der Waals surface area contributed by atoms with Crippen molar-refractivity contribution in [3.05, 3.63) is 75.5 Å². The van der Waals surface area contributed by atoms with E-state index >= 15 is 0 Å². The molecule has 29 heavy (non-hydrogen) atoms. The van der Waals surface area contributed by atoms with E-state index in [4.69, 9.17) is 4.74 Å². The predicted molar refractivity (Wildman–Crippen MR) is 114 cm³/mol. The molecule has 0 unspecified atom stereocenters. The van der Waals surface area contributed by atoms with Gasteiger partial charge in [0, 0.05) is 53.3 Å². The summed E-state index contributed by atoms with van der Waals surface area (Å²) in [7, 11) is 1.62. The third-order valence-corrected chi connectivity index (χ3v) is 6.90. The van der Waals surface area contributed by atoms with E-state index in [0.717, 1.165) is 23.4 Å². The minimum atomic E-state index is 0.0479. The number of likely N-dealkylation sites (tertiary alicyclic amines) is 1. The van der Waals surface area contributed by atoms with Crippen LogP contribution in [0.2, 0.25) is 0 Å². The lowest BCUT2D eigenvalue weighted by atomic mass is 9.81. The van der Waals surface area contributed by atoms with Crippen molar-refractivity contribution in [2.75, 3.05) is 20.2 Å². The summed E-state index contributed by atoms with van der Waals surface area (Å²) in [4.78, 5) is 28.9. The number of fused-ring (bicyclic) bond motifs is 4. The number of hydrogen-bond donors (Lipinski definition) is 0. The molecule has 3 aromatic rings. The first-order chi connectivity index (χ1) is 14.1. The van der Waals surface area contributed by atoms with Crippen LogP contribution in [0.5, 0.6) is 5.75 Å². The molecule has 0 saturated carbocycles. The first kappa shape index (κ1) is 18.2.